The molecule has 1 N–H and O–H groups in total. The second-order valence-corrected chi connectivity index (χ2v) is 8.64. The molecule has 2 heterocycles. The van der Waals surface area contributed by atoms with Crippen molar-refractivity contribution in [3.63, 3.8) is 0 Å². The molecule has 1 aromatic heterocycles. The number of rotatable bonds is 4. The maximum absolute atomic E-state index is 14.1. The van der Waals surface area contributed by atoms with Crippen LogP contribution < -0.4 is 0 Å². The number of thiophene rings is 1. The molecule has 0 bridgehead atoms. The molecular weight excluding hydrogens is 403 g/mol. The van der Waals surface area contributed by atoms with Crippen LogP contribution in [0.5, 0.6) is 0 Å². The third kappa shape index (κ3) is 3.63. The Labute approximate surface area is 176 Å². The second kappa shape index (κ2) is 7.48. The summed E-state index contributed by atoms with van der Waals surface area (Å²) in [4.78, 5) is 26.7. The van der Waals surface area contributed by atoms with Gasteiger partial charge in [0.1, 0.15) is 11.9 Å². The molecule has 7 heteroatoms. The molecule has 0 atom stereocenters. The first-order chi connectivity index (χ1) is 14.3. The summed E-state index contributed by atoms with van der Waals surface area (Å²) in [7, 11) is 0. The van der Waals surface area contributed by atoms with Gasteiger partial charge in [-0.05, 0) is 48.4 Å². The highest BCUT2D eigenvalue weighted by atomic mass is 32.1. The number of hydrogen-bond acceptors (Lipinski definition) is 5. The molecule has 0 aliphatic carbocycles. The van der Waals surface area contributed by atoms with Crippen molar-refractivity contribution in [2.75, 3.05) is 13.1 Å². The number of likely N-dealkylation sites (tertiary alicyclic amines) is 1. The number of hydrogen-bond donors (Lipinski definition) is 1. The predicted octanol–water partition coefficient (Wildman–Crippen LogP) is 4.11. The highest BCUT2D eigenvalue weighted by Gasteiger charge is 2.39. The van der Waals surface area contributed by atoms with Crippen LogP contribution in [0, 0.1) is 17.1 Å². The Morgan fingerprint density at radius 1 is 1.20 bits per heavy atom. The monoisotopic (exact) mass is 420 g/mol. The maximum Gasteiger partial charge on any atom is 0.254 e. The number of aldehydes is 1. The number of aliphatic hydroxyl groups is 1. The van der Waals surface area contributed by atoms with E-state index in [1.54, 1.807) is 54.3 Å². The Hall–Kier alpha value is -3.34. The average Bonchev–Trinajstić information content (AvgIpc) is 3.16. The van der Waals surface area contributed by atoms with Gasteiger partial charge in [0.25, 0.3) is 5.91 Å². The third-order valence-corrected chi connectivity index (χ3v) is 6.12. The molecule has 0 unspecified atom stereocenters. The van der Waals surface area contributed by atoms with Crippen LogP contribution in [-0.2, 0) is 0 Å². The Kier molecular flexibility index (Phi) is 4.98. The first kappa shape index (κ1) is 20.0. The van der Waals surface area contributed by atoms with Crippen molar-refractivity contribution in [2.24, 2.45) is 0 Å². The fraction of sp³-hybridized carbons (Fsp3) is 0.174. The zero-order valence-corrected chi connectivity index (χ0v) is 16.9. The SMILES string of the molecule is CC1(O)CN(C(=O)c2ccc(-c3sc(C=O)cc3-c3ccc(C#N)c(F)c3)cc2)C1. The number of amides is 1. The summed E-state index contributed by atoms with van der Waals surface area (Å²) in [5, 5.41) is 18.8. The van der Waals surface area contributed by atoms with E-state index in [-0.39, 0.29) is 11.5 Å². The summed E-state index contributed by atoms with van der Waals surface area (Å²) in [5.74, 6) is -0.770. The van der Waals surface area contributed by atoms with Gasteiger partial charge in [0, 0.05) is 16.0 Å². The zero-order valence-electron chi connectivity index (χ0n) is 16.1. The molecule has 1 aliphatic heterocycles. The molecule has 3 aromatic rings. The highest BCUT2D eigenvalue weighted by molar-refractivity contribution is 7.17. The summed E-state index contributed by atoms with van der Waals surface area (Å²) in [6, 6.07) is 14.8. The minimum atomic E-state index is -0.830. The fourth-order valence-electron chi connectivity index (χ4n) is 3.54. The normalized spacial score (nSPS) is 14.7. The second-order valence-electron chi connectivity index (χ2n) is 7.55. The van der Waals surface area contributed by atoms with Gasteiger partial charge >= 0.3 is 0 Å². The molecule has 4 rings (SSSR count). The van der Waals surface area contributed by atoms with Crippen molar-refractivity contribution >= 4 is 23.5 Å². The van der Waals surface area contributed by atoms with E-state index in [2.05, 4.69) is 0 Å². The lowest BCUT2D eigenvalue weighted by Crippen LogP contribution is -2.61. The van der Waals surface area contributed by atoms with Crippen LogP contribution in [0.25, 0.3) is 21.6 Å². The number of halogens is 1. The van der Waals surface area contributed by atoms with E-state index in [1.807, 2.05) is 0 Å². The van der Waals surface area contributed by atoms with Crippen molar-refractivity contribution in [3.8, 4) is 27.6 Å². The van der Waals surface area contributed by atoms with Gasteiger partial charge in [-0.2, -0.15) is 5.26 Å². The summed E-state index contributed by atoms with van der Waals surface area (Å²) in [6.07, 6.45) is 0.741. The van der Waals surface area contributed by atoms with Crippen molar-refractivity contribution in [3.05, 3.63) is 70.4 Å². The first-order valence-electron chi connectivity index (χ1n) is 9.22. The van der Waals surface area contributed by atoms with Crippen molar-refractivity contribution < 1.29 is 19.1 Å². The zero-order chi connectivity index (χ0) is 21.5. The quantitative estimate of drug-likeness (QED) is 0.644. The van der Waals surface area contributed by atoms with Gasteiger partial charge in [-0.1, -0.05) is 18.2 Å². The lowest BCUT2D eigenvalue weighted by molar-refractivity contribution is -0.0668. The number of carbonyl (C=O) groups excluding carboxylic acids is 2. The molecule has 150 valence electrons. The average molecular weight is 420 g/mol. The summed E-state index contributed by atoms with van der Waals surface area (Å²) >= 11 is 1.28. The Balaban J connectivity index is 1.67. The number of carbonyl (C=O) groups is 2. The molecule has 2 aromatic carbocycles. The van der Waals surface area contributed by atoms with Crippen LogP contribution in [0.3, 0.4) is 0 Å². The van der Waals surface area contributed by atoms with E-state index in [4.69, 9.17) is 5.26 Å². The van der Waals surface area contributed by atoms with Crippen LogP contribution in [0.15, 0.2) is 48.5 Å². The Bertz CT molecular complexity index is 1180. The summed E-state index contributed by atoms with van der Waals surface area (Å²) in [5.41, 5.74) is 1.67. The molecule has 1 amide bonds. The van der Waals surface area contributed by atoms with Gasteiger partial charge < -0.3 is 10.0 Å². The number of nitriles is 1. The van der Waals surface area contributed by atoms with Crippen LogP contribution in [0.1, 0.15) is 32.5 Å². The number of benzene rings is 2. The van der Waals surface area contributed by atoms with Gasteiger partial charge in [-0.25, -0.2) is 4.39 Å². The molecule has 1 aliphatic rings. The first-order valence-corrected chi connectivity index (χ1v) is 10.0. The molecule has 1 fully saturated rings. The largest absolute Gasteiger partial charge is 0.386 e. The number of nitrogens with zero attached hydrogens (tertiary/aromatic N) is 2. The highest BCUT2D eigenvalue weighted by Crippen LogP contribution is 2.39. The lowest BCUT2D eigenvalue weighted by Gasteiger charge is -2.44. The van der Waals surface area contributed by atoms with Crippen LogP contribution in [-0.4, -0.2) is 40.9 Å². The standard InChI is InChI=1S/C23H17FN2O3S/c1-23(29)12-26(13-23)22(28)15-4-2-14(3-5-15)21-19(9-18(11-27)30-21)16-6-7-17(10-25)20(24)8-16/h2-9,11,29H,12-13H2,1H3. The predicted molar refractivity (Wildman–Crippen MR) is 112 cm³/mol. The van der Waals surface area contributed by atoms with E-state index in [9.17, 15) is 19.1 Å². The van der Waals surface area contributed by atoms with Crippen molar-refractivity contribution in [1.29, 1.82) is 5.26 Å². The minimum absolute atomic E-state index is 0.0426. The van der Waals surface area contributed by atoms with Crippen LogP contribution in [0.4, 0.5) is 4.39 Å². The number of β-amino-alcohol motifs (C(OH)–C–C–N with tert-alkyl or cyclic N) is 1. The molecule has 0 radical (unpaired) electrons. The van der Waals surface area contributed by atoms with Gasteiger partial charge in [0.05, 0.1) is 29.1 Å². The van der Waals surface area contributed by atoms with Gasteiger partial charge in [-0.15, -0.1) is 11.3 Å². The molecule has 1 saturated heterocycles. The van der Waals surface area contributed by atoms with E-state index >= 15 is 0 Å². The topological polar surface area (TPSA) is 81.4 Å². The van der Waals surface area contributed by atoms with Gasteiger partial charge in [0.2, 0.25) is 0 Å². The summed E-state index contributed by atoms with van der Waals surface area (Å²) in [6.45, 7) is 2.29. The molecular formula is C23H17FN2O3S. The third-order valence-electron chi connectivity index (χ3n) is 5.01. The maximum atomic E-state index is 14.1. The van der Waals surface area contributed by atoms with Gasteiger partial charge in [0.15, 0.2) is 6.29 Å². The Morgan fingerprint density at radius 2 is 1.87 bits per heavy atom. The van der Waals surface area contributed by atoms with E-state index in [0.29, 0.717) is 34.7 Å². The summed E-state index contributed by atoms with van der Waals surface area (Å²) < 4.78 is 14.1. The van der Waals surface area contributed by atoms with Crippen molar-refractivity contribution in [2.45, 2.75) is 12.5 Å². The van der Waals surface area contributed by atoms with Gasteiger partial charge in [-0.3, -0.25) is 9.59 Å². The fourth-order valence-corrected chi connectivity index (χ4v) is 4.54. The van der Waals surface area contributed by atoms with E-state index in [0.717, 1.165) is 16.7 Å². The minimum Gasteiger partial charge on any atom is -0.386 e. The molecule has 5 nitrogen and oxygen atoms in total. The van der Waals surface area contributed by atoms with Crippen LogP contribution in [0.2, 0.25) is 0 Å². The van der Waals surface area contributed by atoms with E-state index < -0.39 is 11.4 Å². The van der Waals surface area contributed by atoms with Crippen LogP contribution >= 0.6 is 11.3 Å². The Morgan fingerprint density at radius 3 is 2.43 bits per heavy atom. The lowest BCUT2D eigenvalue weighted by atomic mass is 9.95. The molecule has 30 heavy (non-hydrogen) atoms. The smallest absolute Gasteiger partial charge is 0.254 e. The van der Waals surface area contributed by atoms with E-state index in [1.165, 1.54) is 23.5 Å². The molecule has 0 spiro atoms. The van der Waals surface area contributed by atoms with Crippen molar-refractivity contribution in [1.82, 2.24) is 4.90 Å². The molecule has 0 saturated carbocycles.